The van der Waals surface area contributed by atoms with Crippen molar-refractivity contribution in [3.63, 3.8) is 0 Å². The van der Waals surface area contributed by atoms with Crippen molar-refractivity contribution in [2.75, 3.05) is 12.4 Å². The molecule has 0 spiro atoms. The fraction of sp³-hybridized carbons (Fsp3) is 0.471. The molecule has 0 amide bonds. The average molecular weight is 350 g/mol. The normalized spacial score (nSPS) is 19.4. The zero-order valence-electron chi connectivity index (χ0n) is 14.4. The maximum absolute atomic E-state index is 10.7. The first-order chi connectivity index (χ1) is 11.2. The summed E-state index contributed by atoms with van der Waals surface area (Å²) in [6.45, 7) is 7.58. The maximum atomic E-state index is 10.7. The van der Waals surface area contributed by atoms with Crippen molar-refractivity contribution >= 4 is 31.8 Å². The molecule has 0 aliphatic carbocycles. The minimum absolute atomic E-state index is 0.391. The Morgan fingerprint density at radius 1 is 1.25 bits per heavy atom. The van der Waals surface area contributed by atoms with Crippen molar-refractivity contribution in [3.8, 4) is 5.75 Å². The smallest absolute Gasteiger partial charge is 0.481 e. The number of rotatable bonds is 6. The Morgan fingerprint density at radius 2 is 1.83 bits per heavy atom. The minimum Gasteiger partial charge on any atom is -0.481 e. The second-order valence-corrected chi connectivity index (χ2v) is 7.00. The largest absolute Gasteiger partial charge is 0.491 e. The second kappa shape index (κ2) is 7.21. The van der Waals surface area contributed by atoms with Crippen LogP contribution in [-0.4, -0.2) is 41.8 Å². The first kappa shape index (κ1) is 18.9. The van der Waals surface area contributed by atoms with Gasteiger partial charge in [0.25, 0.3) is 0 Å². The van der Waals surface area contributed by atoms with Gasteiger partial charge in [0.15, 0.2) is 6.61 Å². The molecule has 1 aliphatic heterocycles. The molecule has 0 bridgehead atoms. The molecule has 7 heteroatoms. The van der Waals surface area contributed by atoms with Crippen LogP contribution in [0.2, 0.25) is 0 Å². The number of para-hydroxylation sites is 1. The summed E-state index contributed by atoms with van der Waals surface area (Å²) >= 11 is 4.39. The van der Waals surface area contributed by atoms with Gasteiger partial charge >= 0.3 is 13.1 Å². The number of aliphatic carboxylic acids is 1. The van der Waals surface area contributed by atoms with Gasteiger partial charge in [0.2, 0.25) is 0 Å². The lowest BCUT2D eigenvalue weighted by Gasteiger charge is -2.32. The van der Waals surface area contributed by atoms with E-state index in [2.05, 4.69) is 12.6 Å². The molecule has 1 aromatic carbocycles. The van der Waals surface area contributed by atoms with E-state index in [-0.39, 0.29) is 0 Å². The number of hydrogen-bond donors (Lipinski definition) is 2. The molecule has 1 N–H and O–H groups in total. The van der Waals surface area contributed by atoms with Gasteiger partial charge in [0, 0.05) is 11.3 Å². The summed E-state index contributed by atoms with van der Waals surface area (Å²) in [6, 6.07) is 7.24. The van der Waals surface area contributed by atoms with E-state index >= 15 is 0 Å². The summed E-state index contributed by atoms with van der Waals surface area (Å²) in [6.07, 6.45) is 1.88. The van der Waals surface area contributed by atoms with E-state index in [0.29, 0.717) is 11.5 Å². The first-order valence-corrected chi connectivity index (χ1v) is 8.40. The molecule has 0 atom stereocenters. The Balaban J connectivity index is 2.27. The van der Waals surface area contributed by atoms with Crippen molar-refractivity contribution in [1.29, 1.82) is 0 Å². The van der Waals surface area contributed by atoms with Gasteiger partial charge in [-0.3, -0.25) is 0 Å². The third-order valence-electron chi connectivity index (χ3n) is 4.35. The highest BCUT2D eigenvalue weighted by molar-refractivity contribution is 7.80. The maximum Gasteiger partial charge on any atom is 0.491 e. The van der Waals surface area contributed by atoms with Gasteiger partial charge in [-0.05, 0) is 39.2 Å². The van der Waals surface area contributed by atoms with Crippen molar-refractivity contribution in [2.45, 2.75) is 38.9 Å². The molecule has 5 nitrogen and oxygen atoms in total. The van der Waals surface area contributed by atoms with Crippen LogP contribution in [0.15, 0.2) is 29.7 Å². The van der Waals surface area contributed by atoms with Crippen molar-refractivity contribution in [1.82, 2.24) is 0 Å². The highest BCUT2D eigenvalue weighted by Crippen LogP contribution is 2.39. The summed E-state index contributed by atoms with van der Waals surface area (Å²) in [5.41, 5.74) is 0.749. The van der Waals surface area contributed by atoms with Crippen LogP contribution in [0.4, 0.5) is 0 Å². The van der Waals surface area contributed by atoms with E-state index in [0.717, 1.165) is 11.0 Å². The number of ether oxygens (including phenoxy) is 1. The van der Waals surface area contributed by atoms with Gasteiger partial charge in [0.1, 0.15) is 5.75 Å². The zero-order valence-corrected chi connectivity index (χ0v) is 15.3. The summed E-state index contributed by atoms with van der Waals surface area (Å²) in [5, 5.41) is 8.79. The molecule has 1 aliphatic rings. The number of carboxylic acid groups (broad SMARTS) is 1. The number of thiol groups is 1. The average Bonchev–Trinajstić information content (AvgIpc) is 2.71. The highest BCUT2D eigenvalue weighted by Gasteiger charge is 2.52. The Kier molecular flexibility index (Phi) is 5.68. The van der Waals surface area contributed by atoms with Crippen LogP contribution in [0.25, 0.3) is 6.08 Å². The van der Waals surface area contributed by atoms with Gasteiger partial charge in [-0.2, -0.15) is 12.6 Å². The van der Waals surface area contributed by atoms with Crippen LogP contribution in [0.1, 0.15) is 33.3 Å². The summed E-state index contributed by atoms with van der Waals surface area (Å²) < 4.78 is 17.4. The molecular weight excluding hydrogens is 327 g/mol. The van der Waals surface area contributed by atoms with Gasteiger partial charge in [0.05, 0.1) is 11.2 Å². The number of benzene rings is 1. The van der Waals surface area contributed by atoms with Crippen LogP contribution < -0.4 is 4.74 Å². The quantitative estimate of drug-likeness (QED) is 0.610. The van der Waals surface area contributed by atoms with E-state index < -0.39 is 30.9 Å². The Morgan fingerprint density at radius 3 is 2.38 bits per heavy atom. The molecule has 24 heavy (non-hydrogen) atoms. The molecule has 0 saturated carbocycles. The summed E-state index contributed by atoms with van der Waals surface area (Å²) in [5.74, 6) is -0.0748. The molecule has 1 aromatic rings. The first-order valence-electron chi connectivity index (χ1n) is 7.77. The topological polar surface area (TPSA) is 65.0 Å². The van der Waals surface area contributed by atoms with E-state index in [1.54, 1.807) is 12.1 Å². The van der Waals surface area contributed by atoms with E-state index in [1.165, 1.54) is 0 Å². The molecule has 1 heterocycles. The second-order valence-electron chi connectivity index (χ2n) is 6.69. The Bertz CT molecular complexity index is 626. The molecule has 1 saturated heterocycles. The standard InChI is InChI=1S/C17H23BO5S/c1-16(2)17(3,4)23-18(22-16)13(11-24)9-12-7-5-6-8-14(12)21-10-15(19)20/h5-9,24H,10-11H2,1-4H3,(H,19,20). The minimum atomic E-state index is -1.02. The molecule has 0 radical (unpaired) electrons. The van der Waals surface area contributed by atoms with E-state index in [1.807, 2.05) is 45.9 Å². The summed E-state index contributed by atoms with van der Waals surface area (Å²) in [7, 11) is -0.500. The lowest BCUT2D eigenvalue weighted by Crippen LogP contribution is -2.41. The predicted molar refractivity (Wildman–Crippen MR) is 97.5 cm³/mol. The third-order valence-corrected chi connectivity index (χ3v) is 4.71. The van der Waals surface area contributed by atoms with Crippen LogP contribution in [0.3, 0.4) is 0 Å². The van der Waals surface area contributed by atoms with Gasteiger partial charge in [-0.25, -0.2) is 4.79 Å². The molecular formula is C17H23BO5S. The lowest BCUT2D eigenvalue weighted by atomic mass is 9.78. The molecule has 0 aromatic heterocycles. The lowest BCUT2D eigenvalue weighted by molar-refractivity contribution is -0.139. The zero-order chi connectivity index (χ0) is 18.0. The molecule has 2 rings (SSSR count). The van der Waals surface area contributed by atoms with E-state index in [9.17, 15) is 4.79 Å². The van der Waals surface area contributed by atoms with Crippen LogP contribution in [0, 0.1) is 0 Å². The van der Waals surface area contributed by atoms with Crippen LogP contribution >= 0.6 is 12.6 Å². The van der Waals surface area contributed by atoms with Gasteiger partial charge in [-0.15, -0.1) is 0 Å². The summed E-state index contributed by atoms with van der Waals surface area (Å²) in [4.78, 5) is 10.7. The van der Waals surface area contributed by atoms with Gasteiger partial charge in [-0.1, -0.05) is 24.3 Å². The number of hydrogen-bond acceptors (Lipinski definition) is 5. The number of carboxylic acids is 1. The SMILES string of the molecule is CC1(C)OB(C(=Cc2ccccc2OCC(=O)O)CS)OC1(C)C. The van der Waals surface area contributed by atoms with Crippen LogP contribution in [-0.2, 0) is 14.1 Å². The Labute approximate surface area is 148 Å². The monoisotopic (exact) mass is 350 g/mol. The molecule has 130 valence electrons. The van der Waals surface area contributed by atoms with Crippen molar-refractivity contribution in [3.05, 3.63) is 35.3 Å². The van der Waals surface area contributed by atoms with Gasteiger partial charge < -0.3 is 19.2 Å². The van der Waals surface area contributed by atoms with E-state index in [4.69, 9.17) is 19.2 Å². The fourth-order valence-corrected chi connectivity index (χ4v) is 2.49. The molecule has 0 unspecified atom stereocenters. The van der Waals surface area contributed by atoms with Crippen LogP contribution in [0.5, 0.6) is 5.75 Å². The van der Waals surface area contributed by atoms with Crippen molar-refractivity contribution in [2.24, 2.45) is 0 Å². The Hall–Kier alpha value is -1.44. The molecule has 1 fully saturated rings. The van der Waals surface area contributed by atoms with Crippen molar-refractivity contribution < 1.29 is 23.9 Å². The fourth-order valence-electron chi connectivity index (χ4n) is 2.25. The number of carbonyl (C=O) groups is 1. The predicted octanol–water partition coefficient (Wildman–Crippen LogP) is 3.09. The third kappa shape index (κ3) is 4.15. The highest BCUT2D eigenvalue weighted by atomic mass is 32.1.